The van der Waals surface area contributed by atoms with E-state index in [0.29, 0.717) is 5.56 Å². The van der Waals surface area contributed by atoms with E-state index in [1.54, 1.807) is 12.1 Å². The second-order valence-electron chi connectivity index (χ2n) is 12.1. The molecular weight excluding hydrogens is 568 g/mol. The topological polar surface area (TPSA) is 83.1 Å². The summed E-state index contributed by atoms with van der Waals surface area (Å²) in [5, 5.41) is 20.3. The third-order valence-electron chi connectivity index (χ3n) is 8.38. The maximum atomic E-state index is 11.1. The summed E-state index contributed by atoms with van der Waals surface area (Å²) in [4.78, 5) is 17.6. The number of nitrogens with zero attached hydrogens (tertiary/aromatic N) is 4. The van der Waals surface area contributed by atoms with E-state index in [2.05, 4.69) is 60.1 Å². The van der Waals surface area contributed by atoms with E-state index >= 15 is 0 Å². The number of hydrogen-bond donors (Lipinski definition) is 0. The molecule has 0 aliphatic heterocycles. The van der Waals surface area contributed by atoms with Crippen molar-refractivity contribution in [1.29, 1.82) is 5.26 Å². The highest BCUT2D eigenvalue weighted by atomic mass is 16.6. The first-order valence-electron chi connectivity index (χ1n) is 17.4. The second-order valence-corrected chi connectivity index (χ2v) is 12.1. The molecule has 1 heterocycles. The minimum absolute atomic E-state index is 0.0441. The Kier molecular flexibility index (Phi) is 16.9. The van der Waals surface area contributed by atoms with Gasteiger partial charge in [-0.1, -0.05) is 127 Å². The van der Waals surface area contributed by atoms with Gasteiger partial charge >= 0.3 is 0 Å². The number of unbranched alkanes of at least 4 members (excludes halogenated alkanes) is 12. The quantitative estimate of drug-likeness (QED) is 0.0634. The first-order chi connectivity index (χ1) is 22.5. The third-order valence-corrected chi connectivity index (χ3v) is 8.38. The molecule has 0 aliphatic rings. The van der Waals surface area contributed by atoms with Gasteiger partial charge in [0.05, 0.1) is 10.6 Å². The Hall–Kier alpha value is -4.24. The van der Waals surface area contributed by atoms with E-state index in [9.17, 15) is 15.4 Å². The minimum Gasteiger partial charge on any atom is -0.372 e. The van der Waals surface area contributed by atoms with Crippen LogP contribution < -0.4 is 4.90 Å². The van der Waals surface area contributed by atoms with Gasteiger partial charge in [0.2, 0.25) is 0 Å². The van der Waals surface area contributed by atoms with E-state index in [4.69, 9.17) is 0 Å². The average Bonchev–Trinajstić information content (AvgIpc) is 3.08. The van der Waals surface area contributed by atoms with Crippen LogP contribution in [0.3, 0.4) is 0 Å². The summed E-state index contributed by atoms with van der Waals surface area (Å²) in [5.74, 6) is 0. The lowest BCUT2D eigenvalue weighted by Crippen LogP contribution is -2.25. The Morgan fingerprint density at radius 1 is 0.696 bits per heavy atom. The molecular formula is C40H52N4O2. The lowest BCUT2D eigenvalue weighted by Gasteiger charge is -2.25. The molecule has 3 aromatic rings. The number of nitriles is 1. The van der Waals surface area contributed by atoms with Crippen LogP contribution in [0.5, 0.6) is 0 Å². The maximum absolute atomic E-state index is 11.1. The van der Waals surface area contributed by atoms with Gasteiger partial charge in [0.15, 0.2) is 0 Å². The number of anilines is 1. The summed E-state index contributed by atoms with van der Waals surface area (Å²) in [5.41, 5.74) is 4.81. The van der Waals surface area contributed by atoms with Crippen molar-refractivity contribution >= 4 is 35.7 Å². The first kappa shape index (κ1) is 36.2. The highest BCUT2D eigenvalue weighted by Crippen LogP contribution is 2.22. The summed E-state index contributed by atoms with van der Waals surface area (Å²) in [6.45, 7) is 6.82. The third kappa shape index (κ3) is 13.4. The lowest BCUT2D eigenvalue weighted by molar-refractivity contribution is -0.385. The van der Waals surface area contributed by atoms with Crippen molar-refractivity contribution in [2.75, 3.05) is 18.0 Å². The molecule has 6 nitrogen and oxygen atoms in total. The van der Waals surface area contributed by atoms with E-state index in [1.165, 1.54) is 108 Å². The minimum atomic E-state index is -0.543. The van der Waals surface area contributed by atoms with Crippen LogP contribution in [0.25, 0.3) is 24.3 Å². The van der Waals surface area contributed by atoms with Crippen LogP contribution in [-0.2, 0) is 0 Å². The van der Waals surface area contributed by atoms with Crippen molar-refractivity contribution < 1.29 is 4.92 Å². The van der Waals surface area contributed by atoms with Crippen molar-refractivity contribution in [2.24, 2.45) is 0 Å². The van der Waals surface area contributed by atoms with Crippen LogP contribution in [0.4, 0.5) is 11.4 Å². The largest absolute Gasteiger partial charge is 0.372 e. The number of nitro groups is 1. The number of nitro benzene ring substituents is 1. The fourth-order valence-corrected chi connectivity index (χ4v) is 5.58. The van der Waals surface area contributed by atoms with E-state index in [1.807, 2.05) is 30.5 Å². The predicted molar refractivity (Wildman–Crippen MR) is 195 cm³/mol. The Balaban J connectivity index is 1.55. The van der Waals surface area contributed by atoms with Crippen molar-refractivity contribution in [3.8, 4) is 6.07 Å². The standard InChI is InChI=1S/C40H52N4O2/c1-3-5-7-9-11-13-15-29-43(30-16-14-12-10-8-6-4-2)39-26-21-34(22-27-39)17-18-36-20-25-38(42-33-36)24-19-35-23-28-40(44(45)46)37(31-35)32-41/h17-28,31,33H,3-16,29-30H2,1-2H3. The molecule has 46 heavy (non-hydrogen) atoms. The molecule has 0 amide bonds. The SMILES string of the molecule is CCCCCCCCCN(CCCCCCCCC)c1ccc(C=Cc2ccc(C=Cc3ccc([N+](=O)[O-])c(C#N)c3)nc2)cc1. The average molecular weight is 621 g/mol. The van der Waals surface area contributed by atoms with Crippen LogP contribution in [-0.4, -0.2) is 23.0 Å². The normalized spacial score (nSPS) is 11.3. The molecule has 6 heteroatoms. The zero-order chi connectivity index (χ0) is 32.8. The molecule has 2 aromatic carbocycles. The zero-order valence-corrected chi connectivity index (χ0v) is 28.0. The Bertz CT molecular complexity index is 1390. The molecule has 0 aliphatic carbocycles. The van der Waals surface area contributed by atoms with Crippen molar-refractivity contribution in [1.82, 2.24) is 4.98 Å². The van der Waals surface area contributed by atoms with Gasteiger partial charge in [-0.15, -0.1) is 0 Å². The Morgan fingerprint density at radius 2 is 1.22 bits per heavy atom. The number of hydrogen-bond acceptors (Lipinski definition) is 5. The molecule has 0 atom stereocenters. The van der Waals surface area contributed by atoms with Crippen LogP contribution >= 0.6 is 0 Å². The summed E-state index contributed by atoms with van der Waals surface area (Å²) in [6.07, 6.45) is 28.3. The molecule has 0 fully saturated rings. The maximum Gasteiger partial charge on any atom is 0.287 e. The van der Waals surface area contributed by atoms with E-state index in [-0.39, 0.29) is 11.3 Å². The summed E-state index contributed by atoms with van der Waals surface area (Å²) < 4.78 is 0. The monoisotopic (exact) mass is 620 g/mol. The molecule has 0 spiro atoms. The van der Waals surface area contributed by atoms with Crippen molar-refractivity contribution in [3.05, 3.63) is 98.9 Å². The van der Waals surface area contributed by atoms with Gasteiger partial charge in [0, 0.05) is 31.0 Å². The van der Waals surface area contributed by atoms with Crippen LogP contribution in [0, 0.1) is 21.4 Å². The first-order valence-corrected chi connectivity index (χ1v) is 17.4. The van der Waals surface area contributed by atoms with Crippen LogP contribution in [0.2, 0.25) is 0 Å². The number of pyridine rings is 1. The molecule has 0 saturated heterocycles. The molecule has 244 valence electrons. The molecule has 1 aromatic heterocycles. The molecule has 0 unspecified atom stereocenters. The molecule has 0 saturated carbocycles. The molecule has 3 rings (SSSR count). The Labute approximate surface area is 277 Å². The summed E-state index contributed by atoms with van der Waals surface area (Å²) in [6, 6.07) is 19.3. The molecule has 0 bridgehead atoms. The van der Waals surface area contributed by atoms with Gasteiger partial charge in [-0.3, -0.25) is 15.1 Å². The van der Waals surface area contributed by atoms with E-state index in [0.717, 1.165) is 29.9 Å². The highest BCUT2D eigenvalue weighted by molar-refractivity contribution is 5.72. The fraction of sp³-hybridized carbons (Fsp3) is 0.450. The predicted octanol–water partition coefficient (Wildman–Crippen LogP) is 11.5. The summed E-state index contributed by atoms with van der Waals surface area (Å²) in [7, 11) is 0. The van der Waals surface area contributed by atoms with Gasteiger partial charge in [0.1, 0.15) is 11.6 Å². The van der Waals surface area contributed by atoms with Crippen LogP contribution in [0.1, 0.15) is 132 Å². The van der Waals surface area contributed by atoms with Gasteiger partial charge < -0.3 is 4.90 Å². The van der Waals surface area contributed by atoms with Gasteiger partial charge in [-0.25, -0.2) is 0 Å². The smallest absolute Gasteiger partial charge is 0.287 e. The number of benzene rings is 2. The molecule has 0 radical (unpaired) electrons. The van der Waals surface area contributed by atoms with E-state index < -0.39 is 4.92 Å². The fourth-order valence-electron chi connectivity index (χ4n) is 5.58. The summed E-state index contributed by atoms with van der Waals surface area (Å²) >= 11 is 0. The van der Waals surface area contributed by atoms with Crippen molar-refractivity contribution in [2.45, 2.75) is 104 Å². The van der Waals surface area contributed by atoms with Gasteiger partial charge in [0.25, 0.3) is 5.69 Å². The van der Waals surface area contributed by atoms with Gasteiger partial charge in [-0.2, -0.15) is 5.26 Å². The number of rotatable bonds is 22. The second kappa shape index (κ2) is 21.5. The Morgan fingerprint density at radius 3 is 1.76 bits per heavy atom. The lowest BCUT2D eigenvalue weighted by atomic mass is 10.1. The number of aromatic nitrogens is 1. The van der Waals surface area contributed by atoms with Gasteiger partial charge in [-0.05, 0) is 65.9 Å². The van der Waals surface area contributed by atoms with Crippen LogP contribution in [0.15, 0.2) is 60.8 Å². The molecule has 0 N–H and O–H groups in total. The van der Waals surface area contributed by atoms with Crippen molar-refractivity contribution in [3.63, 3.8) is 0 Å². The zero-order valence-electron chi connectivity index (χ0n) is 28.0. The highest BCUT2D eigenvalue weighted by Gasteiger charge is 2.13.